The maximum Gasteiger partial charge on any atom is 0.332 e. The highest BCUT2D eigenvalue weighted by Gasteiger charge is 2.25. The molecule has 0 bridgehead atoms. The molecular weight excluding hydrogens is 418 g/mol. The van der Waals surface area contributed by atoms with Crippen molar-refractivity contribution < 1.29 is 38.0 Å². The summed E-state index contributed by atoms with van der Waals surface area (Å²) in [5.41, 5.74) is 3.10. The molecule has 1 heterocycles. The summed E-state index contributed by atoms with van der Waals surface area (Å²) in [6.45, 7) is 1.10. The van der Waals surface area contributed by atoms with Crippen molar-refractivity contribution in [3.8, 4) is 28.4 Å². The van der Waals surface area contributed by atoms with Gasteiger partial charge in [0.2, 0.25) is 5.75 Å². The number of hydrogen-bond donors (Lipinski definition) is 1. The molecule has 0 spiro atoms. The minimum absolute atomic E-state index is 0.0270. The predicted molar refractivity (Wildman–Crippen MR) is 115 cm³/mol. The van der Waals surface area contributed by atoms with Crippen LogP contribution in [-0.4, -0.2) is 66.2 Å². The van der Waals surface area contributed by atoms with Crippen molar-refractivity contribution >= 4 is 11.9 Å². The molecule has 0 saturated carbocycles. The van der Waals surface area contributed by atoms with Crippen molar-refractivity contribution in [2.75, 3.05) is 54.4 Å². The predicted octanol–water partition coefficient (Wildman–Crippen LogP) is 2.20. The number of ether oxygens (including phenoxy) is 6. The summed E-state index contributed by atoms with van der Waals surface area (Å²) in [6, 6.07) is 9.17. The van der Waals surface area contributed by atoms with E-state index < -0.39 is 5.97 Å². The Kier molecular flexibility index (Phi) is 8.29. The van der Waals surface area contributed by atoms with E-state index in [9.17, 15) is 9.59 Å². The van der Waals surface area contributed by atoms with E-state index in [2.05, 4.69) is 5.32 Å². The van der Waals surface area contributed by atoms with Crippen LogP contribution in [0.1, 0.15) is 15.9 Å². The Labute approximate surface area is 186 Å². The van der Waals surface area contributed by atoms with Gasteiger partial charge in [-0.05, 0) is 29.3 Å². The standard InChI is InChI=1S/C23H27NO8/c1-27-9-10-30-14-20(25)31-11-12-32-21-16(7-8-19(28-2)22(21)29-3)15-5-4-6-17-18(15)13-24-23(17)26/h4-8H,9-14H2,1-3H3,(H,24,26). The molecule has 9 nitrogen and oxygen atoms in total. The molecule has 1 amide bonds. The van der Waals surface area contributed by atoms with Gasteiger partial charge >= 0.3 is 5.97 Å². The number of amides is 1. The minimum atomic E-state index is -0.493. The number of nitrogens with one attached hydrogen (secondary N) is 1. The van der Waals surface area contributed by atoms with Crippen molar-refractivity contribution in [1.29, 1.82) is 0 Å². The fourth-order valence-electron chi connectivity index (χ4n) is 3.40. The highest BCUT2D eigenvalue weighted by atomic mass is 16.6. The first-order chi connectivity index (χ1) is 15.6. The third kappa shape index (κ3) is 5.30. The average molecular weight is 445 g/mol. The second kappa shape index (κ2) is 11.4. The van der Waals surface area contributed by atoms with Crippen molar-refractivity contribution in [2.45, 2.75) is 6.54 Å². The van der Waals surface area contributed by atoms with Crippen LogP contribution in [-0.2, 0) is 25.5 Å². The molecule has 32 heavy (non-hydrogen) atoms. The summed E-state index contributed by atoms with van der Waals surface area (Å²) in [7, 11) is 4.61. The highest BCUT2D eigenvalue weighted by Crippen LogP contribution is 2.46. The molecule has 1 aliphatic heterocycles. The summed E-state index contributed by atoms with van der Waals surface area (Å²) >= 11 is 0. The third-order valence-corrected chi connectivity index (χ3v) is 4.88. The summed E-state index contributed by atoms with van der Waals surface area (Å²) in [6.07, 6.45) is 0. The molecule has 0 fully saturated rings. The van der Waals surface area contributed by atoms with Crippen LogP contribution in [0.25, 0.3) is 11.1 Å². The normalized spacial score (nSPS) is 12.2. The molecule has 0 radical (unpaired) electrons. The van der Waals surface area contributed by atoms with Crippen molar-refractivity contribution in [3.05, 3.63) is 41.5 Å². The molecule has 0 aromatic heterocycles. The van der Waals surface area contributed by atoms with E-state index in [-0.39, 0.29) is 25.7 Å². The number of carbonyl (C=O) groups is 2. The minimum Gasteiger partial charge on any atom is -0.493 e. The van der Waals surface area contributed by atoms with E-state index in [0.717, 1.165) is 16.7 Å². The van der Waals surface area contributed by atoms with Crippen molar-refractivity contribution in [1.82, 2.24) is 5.32 Å². The van der Waals surface area contributed by atoms with Gasteiger partial charge < -0.3 is 33.7 Å². The summed E-state index contributed by atoms with van der Waals surface area (Å²) < 4.78 is 32.1. The van der Waals surface area contributed by atoms with Crippen LogP contribution in [0.2, 0.25) is 0 Å². The number of rotatable bonds is 12. The first-order valence-electron chi connectivity index (χ1n) is 10.1. The van der Waals surface area contributed by atoms with Crippen LogP contribution in [0.15, 0.2) is 30.3 Å². The van der Waals surface area contributed by atoms with Crippen LogP contribution in [0.5, 0.6) is 17.2 Å². The fourth-order valence-corrected chi connectivity index (χ4v) is 3.40. The van der Waals surface area contributed by atoms with Crippen molar-refractivity contribution in [3.63, 3.8) is 0 Å². The Morgan fingerprint density at radius 1 is 0.906 bits per heavy atom. The first-order valence-corrected chi connectivity index (χ1v) is 10.1. The molecule has 2 aromatic rings. The van der Waals surface area contributed by atoms with Crippen LogP contribution in [0.4, 0.5) is 0 Å². The van der Waals surface area contributed by atoms with Gasteiger partial charge in [-0.3, -0.25) is 4.79 Å². The number of hydrogen-bond acceptors (Lipinski definition) is 8. The van der Waals surface area contributed by atoms with E-state index >= 15 is 0 Å². The number of methoxy groups -OCH3 is 3. The molecule has 3 rings (SSSR count). The zero-order valence-electron chi connectivity index (χ0n) is 18.4. The van der Waals surface area contributed by atoms with Gasteiger partial charge in [-0.2, -0.15) is 0 Å². The monoisotopic (exact) mass is 445 g/mol. The summed E-state index contributed by atoms with van der Waals surface area (Å²) in [5, 5.41) is 2.84. The van der Waals surface area contributed by atoms with Crippen LogP contribution >= 0.6 is 0 Å². The number of esters is 1. The molecule has 0 saturated heterocycles. The van der Waals surface area contributed by atoms with Crippen molar-refractivity contribution in [2.24, 2.45) is 0 Å². The second-order valence-corrected chi connectivity index (χ2v) is 6.81. The number of carbonyl (C=O) groups excluding carboxylic acids is 2. The quantitative estimate of drug-likeness (QED) is 0.392. The zero-order chi connectivity index (χ0) is 22.9. The Balaban J connectivity index is 1.77. The van der Waals surface area contributed by atoms with Gasteiger partial charge in [0, 0.05) is 24.8 Å². The molecule has 0 atom stereocenters. The lowest BCUT2D eigenvalue weighted by Crippen LogP contribution is -2.18. The molecule has 1 N–H and O–H groups in total. The first kappa shape index (κ1) is 23.4. The third-order valence-electron chi connectivity index (χ3n) is 4.88. The van der Waals surface area contributed by atoms with Gasteiger partial charge in [-0.1, -0.05) is 12.1 Å². The molecule has 0 unspecified atom stereocenters. The number of fused-ring (bicyclic) bond motifs is 1. The highest BCUT2D eigenvalue weighted by molar-refractivity contribution is 6.01. The lowest BCUT2D eigenvalue weighted by atomic mass is 9.95. The topological polar surface area (TPSA) is 102 Å². The second-order valence-electron chi connectivity index (χ2n) is 6.81. The fraction of sp³-hybridized carbons (Fsp3) is 0.391. The van der Waals surface area contributed by atoms with E-state index in [1.807, 2.05) is 18.2 Å². The average Bonchev–Trinajstić information content (AvgIpc) is 3.20. The molecule has 172 valence electrons. The SMILES string of the molecule is COCCOCC(=O)OCCOc1c(-c2cccc3c2CNC3=O)ccc(OC)c1OC. The van der Waals surface area contributed by atoms with Gasteiger partial charge in [-0.25, -0.2) is 4.79 Å². The zero-order valence-corrected chi connectivity index (χ0v) is 18.4. The Morgan fingerprint density at radius 2 is 1.72 bits per heavy atom. The van der Waals surface area contributed by atoms with E-state index in [1.165, 1.54) is 14.2 Å². The maximum absolute atomic E-state index is 12.1. The van der Waals surface area contributed by atoms with Gasteiger partial charge in [0.25, 0.3) is 5.91 Å². The smallest absolute Gasteiger partial charge is 0.332 e. The van der Waals surface area contributed by atoms with Gasteiger partial charge in [0.1, 0.15) is 19.8 Å². The van der Waals surface area contributed by atoms with Gasteiger partial charge in [-0.15, -0.1) is 0 Å². The largest absolute Gasteiger partial charge is 0.493 e. The lowest BCUT2D eigenvalue weighted by Gasteiger charge is -2.19. The molecular formula is C23H27NO8. The van der Waals surface area contributed by atoms with E-state index in [4.69, 9.17) is 28.4 Å². The Hall–Kier alpha value is -3.30. The van der Waals surface area contributed by atoms with Crippen LogP contribution < -0.4 is 19.5 Å². The van der Waals surface area contributed by atoms with E-state index in [1.54, 1.807) is 19.2 Å². The summed E-state index contributed by atoms with van der Waals surface area (Å²) in [5.74, 6) is 0.745. The molecule has 2 aromatic carbocycles. The van der Waals surface area contributed by atoms with Gasteiger partial charge in [0.05, 0.1) is 27.4 Å². The molecule has 9 heteroatoms. The van der Waals surface area contributed by atoms with Gasteiger partial charge in [0.15, 0.2) is 11.5 Å². The van der Waals surface area contributed by atoms with Crippen LogP contribution in [0.3, 0.4) is 0 Å². The maximum atomic E-state index is 12.1. The Bertz CT molecular complexity index is 959. The molecule has 0 aliphatic carbocycles. The summed E-state index contributed by atoms with van der Waals surface area (Å²) in [4.78, 5) is 23.9. The lowest BCUT2D eigenvalue weighted by molar-refractivity contribution is -0.150. The molecule has 1 aliphatic rings. The van der Waals surface area contributed by atoms with E-state index in [0.29, 0.717) is 42.6 Å². The Morgan fingerprint density at radius 3 is 2.47 bits per heavy atom. The van der Waals surface area contributed by atoms with Crippen LogP contribution in [0, 0.1) is 0 Å². The number of benzene rings is 2.